The molecule has 3 rings (SSSR count). The number of hydrogen-bond donors (Lipinski definition) is 0. The number of methoxy groups -OCH3 is 1. The summed E-state index contributed by atoms with van der Waals surface area (Å²) in [4.78, 5) is 37.3. The number of anilines is 1. The monoisotopic (exact) mass is 339 g/mol. The fourth-order valence-electron chi connectivity index (χ4n) is 2.81. The molecule has 0 spiro atoms. The van der Waals surface area contributed by atoms with Crippen LogP contribution in [0.3, 0.4) is 0 Å². The molecule has 1 aliphatic heterocycles. The molecule has 1 amide bonds. The highest BCUT2D eigenvalue weighted by molar-refractivity contribution is 6.00. The summed E-state index contributed by atoms with van der Waals surface area (Å²) in [5.41, 5.74) is 0.917. The second-order valence-electron chi connectivity index (χ2n) is 5.65. The lowest BCUT2D eigenvalue weighted by molar-refractivity contribution is -0.139. The Bertz CT molecular complexity index is 817. The molecule has 2 aromatic carbocycles. The van der Waals surface area contributed by atoms with Crippen molar-refractivity contribution in [3.05, 3.63) is 54.1 Å². The summed E-state index contributed by atoms with van der Waals surface area (Å²) in [6, 6.07) is 13.6. The third kappa shape index (κ3) is 3.38. The molecule has 6 nitrogen and oxygen atoms in total. The maximum atomic E-state index is 12.4. The van der Waals surface area contributed by atoms with Gasteiger partial charge in [-0.05, 0) is 24.3 Å². The second kappa shape index (κ2) is 7.17. The van der Waals surface area contributed by atoms with Crippen LogP contribution in [0.1, 0.15) is 16.8 Å². The zero-order valence-electron chi connectivity index (χ0n) is 13.7. The van der Waals surface area contributed by atoms with Crippen molar-refractivity contribution in [1.82, 2.24) is 0 Å². The van der Waals surface area contributed by atoms with E-state index in [1.807, 2.05) is 6.07 Å². The summed E-state index contributed by atoms with van der Waals surface area (Å²) in [7, 11) is 1.53. The number of amides is 1. The zero-order chi connectivity index (χ0) is 17.8. The third-order valence-electron chi connectivity index (χ3n) is 4.09. The third-order valence-corrected chi connectivity index (χ3v) is 4.09. The van der Waals surface area contributed by atoms with Crippen molar-refractivity contribution < 1.29 is 23.9 Å². The Morgan fingerprint density at radius 3 is 2.52 bits per heavy atom. The van der Waals surface area contributed by atoms with E-state index in [2.05, 4.69) is 0 Å². The van der Waals surface area contributed by atoms with E-state index in [0.29, 0.717) is 23.3 Å². The molecule has 6 heteroatoms. The first-order valence-electron chi connectivity index (χ1n) is 7.83. The van der Waals surface area contributed by atoms with E-state index < -0.39 is 11.9 Å². The van der Waals surface area contributed by atoms with Crippen molar-refractivity contribution in [1.29, 1.82) is 0 Å². The molecule has 0 radical (unpaired) electrons. The second-order valence-corrected chi connectivity index (χ2v) is 5.65. The van der Waals surface area contributed by atoms with E-state index in [4.69, 9.17) is 9.47 Å². The largest absolute Gasteiger partial charge is 0.495 e. The Morgan fingerprint density at radius 2 is 1.80 bits per heavy atom. The molecule has 0 aromatic heterocycles. The lowest BCUT2D eigenvalue weighted by Gasteiger charge is -2.19. The van der Waals surface area contributed by atoms with E-state index in [-0.39, 0.29) is 24.6 Å². The molecule has 1 saturated heterocycles. The number of nitrogens with zero attached hydrogens (tertiary/aromatic N) is 1. The quantitative estimate of drug-likeness (QED) is 0.475. The fourth-order valence-corrected chi connectivity index (χ4v) is 2.81. The van der Waals surface area contributed by atoms with Crippen LogP contribution in [0.25, 0.3) is 0 Å². The predicted octanol–water partition coefficient (Wildman–Crippen LogP) is 2.47. The number of benzene rings is 2. The van der Waals surface area contributed by atoms with Gasteiger partial charge in [-0.3, -0.25) is 14.4 Å². The normalized spacial score (nSPS) is 16.6. The molecule has 128 valence electrons. The van der Waals surface area contributed by atoms with Gasteiger partial charge in [0.05, 0.1) is 24.3 Å². The van der Waals surface area contributed by atoms with Gasteiger partial charge in [-0.1, -0.05) is 24.3 Å². The number of ether oxygens (including phenoxy) is 2. The Kier molecular flexibility index (Phi) is 4.79. The molecule has 0 bridgehead atoms. The average Bonchev–Trinajstić information content (AvgIpc) is 3.03. The van der Waals surface area contributed by atoms with Crippen LogP contribution in [0.2, 0.25) is 0 Å². The molecule has 2 aromatic rings. The highest BCUT2D eigenvalue weighted by Gasteiger charge is 2.37. The van der Waals surface area contributed by atoms with E-state index >= 15 is 0 Å². The first-order valence-corrected chi connectivity index (χ1v) is 7.83. The van der Waals surface area contributed by atoms with Gasteiger partial charge in [0, 0.05) is 13.0 Å². The van der Waals surface area contributed by atoms with Crippen LogP contribution in [0.5, 0.6) is 11.5 Å². The Morgan fingerprint density at radius 1 is 1.12 bits per heavy atom. The van der Waals surface area contributed by atoms with Crippen LogP contribution in [0.4, 0.5) is 5.69 Å². The Balaban J connectivity index is 1.76. The summed E-state index contributed by atoms with van der Waals surface area (Å²) < 4.78 is 10.6. The molecular weight excluding hydrogens is 322 g/mol. The molecular formula is C19H17NO5. The number of rotatable bonds is 5. The number of hydrogen-bond acceptors (Lipinski definition) is 5. The maximum absolute atomic E-state index is 12.4. The predicted molar refractivity (Wildman–Crippen MR) is 90.9 cm³/mol. The average molecular weight is 339 g/mol. The lowest BCUT2D eigenvalue weighted by Crippen LogP contribution is -2.27. The van der Waals surface area contributed by atoms with Crippen LogP contribution in [0.15, 0.2) is 48.5 Å². The van der Waals surface area contributed by atoms with Crippen molar-refractivity contribution in [2.24, 2.45) is 5.92 Å². The summed E-state index contributed by atoms with van der Waals surface area (Å²) in [6.45, 7) is 0.210. The first-order chi connectivity index (χ1) is 12.1. The van der Waals surface area contributed by atoms with Crippen LogP contribution in [-0.2, 0) is 9.59 Å². The number of carbonyl (C=O) groups is 3. The first kappa shape index (κ1) is 16.7. The molecule has 1 fully saturated rings. The summed E-state index contributed by atoms with van der Waals surface area (Å²) in [5.74, 6) is -0.533. The van der Waals surface area contributed by atoms with Gasteiger partial charge in [0.25, 0.3) is 0 Å². The van der Waals surface area contributed by atoms with Crippen molar-refractivity contribution in [2.45, 2.75) is 6.42 Å². The van der Waals surface area contributed by atoms with E-state index in [0.717, 1.165) is 0 Å². The van der Waals surface area contributed by atoms with Gasteiger partial charge < -0.3 is 14.4 Å². The van der Waals surface area contributed by atoms with Crippen molar-refractivity contribution >= 4 is 23.9 Å². The minimum atomic E-state index is -0.600. The summed E-state index contributed by atoms with van der Waals surface area (Å²) in [5, 5.41) is 0. The highest BCUT2D eigenvalue weighted by Crippen LogP contribution is 2.33. The minimum Gasteiger partial charge on any atom is -0.495 e. The van der Waals surface area contributed by atoms with Gasteiger partial charge in [-0.15, -0.1) is 0 Å². The molecule has 1 aliphatic rings. The van der Waals surface area contributed by atoms with E-state index in [1.165, 1.54) is 12.0 Å². The van der Waals surface area contributed by atoms with Gasteiger partial charge >= 0.3 is 5.97 Å². The molecule has 0 aliphatic carbocycles. The van der Waals surface area contributed by atoms with Crippen LogP contribution in [-0.4, -0.2) is 31.8 Å². The highest BCUT2D eigenvalue weighted by atomic mass is 16.5. The van der Waals surface area contributed by atoms with Crippen LogP contribution < -0.4 is 14.4 Å². The smallest absolute Gasteiger partial charge is 0.316 e. The Labute approximate surface area is 145 Å². The van der Waals surface area contributed by atoms with Gasteiger partial charge in [0.2, 0.25) is 5.91 Å². The topological polar surface area (TPSA) is 72.9 Å². The zero-order valence-corrected chi connectivity index (χ0v) is 13.7. The SMILES string of the molecule is COc1ccccc1N1C[C@@H](C(=O)Oc2ccccc2C=O)CC1=O. The molecule has 0 saturated carbocycles. The van der Waals surface area contributed by atoms with Gasteiger partial charge in [0.1, 0.15) is 11.5 Å². The fraction of sp³-hybridized carbons (Fsp3) is 0.211. The number of para-hydroxylation sites is 3. The van der Waals surface area contributed by atoms with E-state index in [9.17, 15) is 14.4 Å². The number of esters is 1. The summed E-state index contributed by atoms with van der Waals surface area (Å²) >= 11 is 0. The minimum absolute atomic E-state index is 0.0557. The number of carbonyl (C=O) groups excluding carboxylic acids is 3. The van der Waals surface area contributed by atoms with Gasteiger partial charge in [0.15, 0.2) is 6.29 Å². The number of aldehydes is 1. The molecule has 1 atom stereocenters. The van der Waals surface area contributed by atoms with E-state index in [1.54, 1.807) is 42.5 Å². The summed E-state index contributed by atoms with van der Waals surface area (Å²) in [6.07, 6.45) is 0.684. The molecule has 0 N–H and O–H groups in total. The van der Waals surface area contributed by atoms with Crippen LogP contribution >= 0.6 is 0 Å². The van der Waals surface area contributed by atoms with Gasteiger partial charge in [-0.25, -0.2) is 0 Å². The van der Waals surface area contributed by atoms with Gasteiger partial charge in [-0.2, -0.15) is 0 Å². The lowest BCUT2D eigenvalue weighted by atomic mass is 10.1. The Hall–Kier alpha value is -3.15. The van der Waals surface area contributed by atoms with Crippen molar-refractivity contribution in [2.75, 3.05) is 18.6 Å². The maximum Gasteiger partial charge on any atom is 0.316 e. The standard InChI is InChI=1S/C19H17NO5/c1-24-17-9-5-3-7-15(17)20-11-14(10-18(20)22)19(23)25-16-8-4-2-6-13(16)12-21/h2-9,12,14H,10-11H2,1H3/t14-/m0/s1. The molecule has 1 heterocycles. The van der Waals surface area contributed by atoms with Crippen molar-refractivity contribution in [3.63, 3.8) is 0 Å². The van der Waals surface area contributed by atoms with Crippen molar-refractivity contribution in [3.8, 4) is 11.5 Å². The molecule has 0 unspecified atom stereocenters. The molecule has 25 heavy (non-hydrogen) atoms. The van der Waals surface area contributed by atoms with Crippen LogP contribution in [0, 0.1) is 5.92 Å².